The molecular formula is C9H10Cl2F3NO. The number of hydrogen-bond donors (Lipinski definition) is 2. The fraction of sp³-hybridized carbons (Fsp3) is 0.333. The largest absolute Gasteiger partial charge is 0.396 e. The SMILES string of the molecule is Cl.NC(CCO)c1c(F)cc(Cl)c(F)c1F. The molecule has 0 aliphatic carbocycles. The first-order valence-electron chi connectivity index (χ1n) is 4.18. The Labute approximate surface area is 102 Å². The summed E-state index contributed by atoms with van der Waals surface area (Å²) in [4.78, 5) is 0. The van der Waals surface area contributed by atoms with Gasteiger partial charge in [-0.1, -0.05) is 11.6 Å². The van der Waals surface area contributed by atoms with Crippen LogP contribution in [0.5, 0.6) is 0 Å². The van der Waals surface area contributed by atoms with Crippen LogP contribution in [0.15, 0.2) is 6.07 Å². The number of aliphatic hydroxyl groups excluding tert-OH is 1. The van der Waals surface area contributed by atoms with Crippen molar-refractivity contribution in [2.75, 3.05) is 6.61 Å². The van der Waals surface area contributed by atoms with Crippen LogP contribution in [0.3, 0.4) is 0 Å². The summed E-state index contributed by atoms with van der Waals surface area (Å²) < 4.78 is 39.4. The summed E-state index contributed by atoms with van der Waals surface area (Å²) in [5.74, 6) is -3.75. The number of benzene rings is 1. The maximum atomic E-state index is 13.2. The van der Waals surface area contributed by atoms with E-state index in [0.29, 0.717) is 6.07 Å². The Morgan fingerprint density at radius 2 is 1.88 bits per heavy atom. The van der Waals surface area contributed by atoms with E-state index in [9.17, 15) is 13.2 Å². The summed E-state index contributed by atoms with van der Waals surface area (Å²) in [5.41, 5.74) is 4.78. The van der Waals surface area contributed by atoms with Crippen LogP contribution < -0.4 is 5.73 Å². The highest BCUT2D eigenvalue weighted by atomic mass is 35.5. The van der Waals surface area contributed by atoms with Gasteiger partial charge in [0.1, 0.15) is 5.82 Å². The van der Waals surface area contributed by atoms with Crippen molar-refractivity contribution in [2.24, 2.45) is 5.73 Å². The number of hydrogen-bond acceptors (Lipinski definition) is 2. The first-order chi connectivity index (χ1) is 6.99. The average Bonchev–Trinajstić information content (AvgIpc) is 2.15. The maximum absolute atomic E-state index is 13.2. The third-order valence-corrected chi connectivity index (χ3v) is 2.24. The predicted octanol–water partition coefficient (Wildman–Crippen LogP) is 2.56. The highest BCUT2D eigenvalue weighted by Crippen LogP contribution is 2.28. The van der Waals surface area contributed by atoms with Crippen molar-refractivity contribution in [1.29, 1.82) is 0 Å². The second kappa shape index (κ2) is 6.30. The van der Waals surface area contributed by atoms with Gasteiger partial charge in [0.15, 0.2) is 11.6 Å². The summed E-state index contributed by atoms with van der Waals surface area (Å²) in [6, 6.07) is -0.436. The molecule has 0 amide bonds. The molecule has 0 saturated heterocycles. The van der Waals surface area contributed by atoms with Gasteiger partial charge >= 0.3 is 0 Å². The van der Waals surface area contributed by atoms with Crippen LogP contribution in [0.4, 0.5) is 13.2 Å². The molecule has 16 heavy (non-hydrogen) atoms. The van der Waals surface area contributed by atoms with Gasteiger partial charge in [0.2, 0.25) is 0 Å². The van der Waals surface area contributed by atoms with Gasteiger partial charge in [-0.3, -0.25) is 0 Å². The predicted molar refractivity (Wildman–Crippen MR) is 57.2 cm³/mol. The number of halogens is 5. The lowest BCUT2D eigenvalue weighted by molar-refractivity contribution is 0.273. The van der Waals surface area contributed by atoms with E-state index in [1.807, 2.05) is 0 Å². The molecule has 0 aromatic heterocycles. The Morgan fingerprint density at radius 3 is 2.38 bits per heavy atom. The maximum Gasteiger partial charge on any atom is 0.177 e. The van der Waals surface area contributed by atoms with Gasteiger partial charge in [0, 0.05) is 18.2 Å². The van der Waals surface area contributed by atoms with Gasteiger partial charge in [0.25, 0.3) is 0 Å². The molecule has 7 heteroatoms. The molecule has 92 valence electrons. The van der Waals surface area contributed by atoms with E-state index in [1.54, 1.807) is 0 Å². The van der Waals surface area contributed by atoms with Crippen molar-refractivity contribution < 1.29 is 18.3 Å². The zero-order valence-corrected chi connectivity index (χ0v) is 9.59. The molecule has 0 aliphatic heterocycles. The molecule has 0 saturated carbocycles. The fourth-order valence-electron chi connectivity index (χ4n) is 1.20. The summed E-state index contributed by atoms with van der Waals surface area (Å²) in [7, 11) is 0. The Bertz CT molecular complexity index is 376. The zero-order valence-electron chi connectivity index (χ0n) is 8.01. The third kappa shape index (κ3) is 3.01. The summed E-state index contributed by atoms with van der Waals surface area (Å²) in [6.45, 7) is -0.343. The zero-order chi connectivity index (χ0) is 11.6. The van der Waals surface area contributed by atoms with E-state index >= 15 is 0 Å². The minimum Gasteiger partial charge on any atom is -0.396 e. The first kappa shape index (κ1) is 15.5. The van der Waals surface area contributed by atoms with Crippen LogP contribution >= 0.6 is 24.0 Å². The van der Waals surface area contributed by atoms with Crippen molar-refractivity contribution in [3.8, 4) is 0 Å². The van der Waals surface area contributed by atoms with Crippen LogP contribution in [0.1, 0.15) is 18.0 Å². The molecule has 1 aromatic carbocycles. The summed E-state index contributed by atoms with van der Waals surface area (Å²) in [6.07, 6.45) is -0.0606. The molecule has 1 unspecified atom stereocenters. The molecule has 0 spiro atoms. The molecule has 0 radical (unpaired) electrons. The van der Waals surface area contributed by atoms with Gasteiger partial charge in [-0.05, 0) is 12.5 Å². The average molecular weight is 276 g/mol. The molecule has 0 aliphatic rings. The van der Waals surface area contributed by atoms with E-state index in [0.717, 1.165) is 0 Å². The monoisotopic (exact) mass is 275 g/mol. The molecule has 3 N–H and O–H groups in total. The smallest absolute Gasteiger partial charge is 0.177 e. The standard InChI is InChI=1S/C9H9ClF3NO.ClH/c10-4-3-5(11)7(6(14)1-2-15)9(13)8(4)12;/h3,6,15H,1-2,14H2;1H. The fourth-order valence-corrected chi connectivity index (χ4v) is 1.38. The van der Waals surface area contributed by atoms with Crippen molar-refractivity contribution in [3.05, 3.63) is 34.1 Å². The molecule has 1 atom stereocenters. The summed E-state index contributed by atoms with van der Waals surface area (Å²) in [5, 5.41) is 7.92. The quantitative estimate of drug-likeness (QED) is 0.658. The Morgan fingerprint density at radius 1 is 1.31 bits per heavy atom. The van der Waals surface area contributed by atoms with Crippen LogP contribution in [-0.4, -0.2) is 11.7 Å². The van der Waals surface area contributed by atoms with Crippen molar-refractivity contribution in [3.63, 3.8) is 0 Å². The Hall–Kier alpha value is -0.490. The number of rotatable bonds is 3. The van der Waals surface area contributed by atoms with E-state index in [-0.39, 0.29) is 25.4 Å². The third-order valence-electron chi connectivity index (χ3n) is 1.96. The van der Waals surface area contributed by atoms with Gasteiger partial charge in [-0.15, -0.1) is 12.4 Å². The molecule has 1 rings (SSSR count). The molecular weight excluding hydrogens is 266 g/mol. The van der Waals surface area contributed by atoms with Crippen molar-refractivity contribution >= 4 is 24.0 Å². The van der Waals surface area contributed by atoms with Crippen molar-refractivity contribution in [1.82, 2.24) is 0 Å². The lowest BCUT2D eigenvalue weighted by Crippen LogP contribution is -2.16. The molecule has 0 bridgehead atoms. The Kier molecular flexibility index (Phi) is 6.10. The molecule has 2 nitrogen and oxygen atoms in total. The molecule has 1 aromatic rings. The van der Waals surface area contributed by atoms with Gasteiger partial charge in [-0.2, -0.15) is 0 Å². The van der Waals surface area contributed by atoms with Gasteiger partial charge < -0.3 is 10.8 Å². The summed E-state index contributed by atoms with van der Waals surface area (Å²) >= 11 is 5.23. The number of nitrogens with two attached hydrogens (primary N) is 1. The highest BCUT2D eigenvalue weighted by Gasteiger charge is 2.22. The van der Waals surface area contributed by atoms with E-state index in [1.165, 1.54) is 0 Å². The van der Waals surface area contributed by atoms with Crippen molar-refractivity contribution in [2.45, 2.75) is 12.5 Å². The normalized spacial score (nSPS) is 12.1. The first-order valence-corrected chi connectivity index (χ1v) is 4.56. The topological polar surface area (TPSA) is 46.2 Å². The van der Waals surface area contributed by atoms with Crippen LogP contribution in [0.25, 0.3) is 0 Å². The molecule has 0 heterocycles. The van der Waals surface area contributed by atoms with Gasteiger partial charge in [-0.25, -0.2) is 13.2 Å². The minimum absolute atomic E-state index is 0. The van der Waals surface area contributed by atoms with Crippen LogP contribution in [-0.2, 0) is 0 Å². The second-order valence-electron chi connectivity index (χ2n) is 3.00. The number of aliphatic hydroxyl groups is 1. The Balaban J connectivity index is 0.00000225. The van der Waals surface area contributed by atoms with Crippen LogP contribution in [0, 0.1) is 17.5 Å². The van der Waals surface area contributed by atoms with Gasteiger partial charge in [0.05, 0.1) is 5.02 Å². The highest BCUT2D eigenvalue weighted by molar-refractivity contribution is 6.30. The lowest BCUT2D eigenvalue weighted by atomic mass is 10.0. The second-order valence-corrected chi connectivity index (χ2v) is 3.41. The minimum atomic E-state index is -1.40. The van der Waals surface area contributed by atoms with E-state index in [4.69, 9.17) is 22.4 Å². The lowest BCUT2D eigenvalue weighted by Gasteiger charge is -2.13. The van der Waals surface area contributed by atoms with E-state index < -0.39 is 34.1 Å². The van der Waals surface area contributed by atoms with Crippen LogP contribution in [0.2, 0.25) is 5.02 Å². The van der Waals surface area contributed by atoms with E-state index in [2.05, 4.69) is 0 Å². The molecule has 0 fully saturated rings.